The SMILES string of the molecule is COC(C)(C)c1nnc2c3ncc(N4CCN(C(C)=O)CC4)cc3n(Cc3ccc(Cl)cc3)c(=O)n12. The van der Waals surface area contributed by atoms with Crippen LogP contribution in [0, 0.1) is 0 Å². The van der Waals surface area contributed by atoms with Gasteiger partial charge in [-0.15, -0.1) is 10.2 Å². The van der Waals surface area contributed by atoms with Crippen molar-refractivity contribution in [2.75, 3.05) is 38.2 Å². The van der Waals surface area contributed by atoms with Crippen molar-refractivity contribution in [3.8, 4) is 0 Å². The number of hydrogen-bond donors (Lipinski definition) is 0. The summed E-state index contributed by atoms with van der Waals surface area (Å²) < 4.78 is 8.78. The van der Waals surface area contributed by atoms with Crippen molar-refractivity contribution in [3.05, 3.63) is 63.4 Å². The van der Waals surface area contributed by atoms with Crippen molar-refractivity contribution in [1.29, 1.82) is 0 Å². The number of methoxy groups -OCH3 is 1. The number of ether oxygens (including phenoxy) is 1. The van der Waals surface area contributed by atoms with Crippen molar-refractivity contribution in [2.24, 2.45) is 0 Å². The van der Waals surface area contributed by atoms with Gasteiger partial charge in [-0.05, 0) is 37.6 Å². The van der Waals surface area contributed by atoms with Gasteiger partial charge in [0.2, 0.25) is 5.91 Å². The lowest BCUT2D eigenvalue weighted by atomic mass is 10.1. The van der Waals surface area contributed by atoms with Crippen LogP contribution in [0.4, 0.5) is 5.69 Å². The summed E-state index contributed by atoms with van der Waals surface area (Å²) in [5, 5.41) is 9.28. The average molecular weight is 510 g/mol. The molecule has 1 fully saturated rings. The van der Waals surface area contributed by atoms with Gasteiger partial charge in [0.05, 0.1) is 23.9 Å². The molecule has 1 amide bonds. The Morgan fingerprint density at radius 2 is 1.81 bits per heavy atom. The Morgan fingerprint density at radius 1 is 1.11 bits per heavy atom. The van der Waals surface area contributed by atoms with Crippen LogP contribution >= 0.6 is 11.6 Å². The van der Waals surface area contributed by atoms with Gasteiger partial charge in [-0.2, -0.15) is 0 Å². The predicted molar refractivity (Wildman–Crippen MR) is 138 cm³/mol. The topological polar surface area (TPSA) is 97.9 Å². The zero-order valence-electron chi connectivity index (χ0n) is 20.7. The zero-order chi connectivity index (χ0) is 25.6. The molecule has 1 aromatic carbocycles. The number of hydrogen-bond acceptors (Lipinski definition) is 7. The Morgan fingerprint density at radius 3 is 2.44 bits per heavy atom. The number of rotatable bonds is 5. The van der Waals surface area contributed by atoms with E-state index in [1.807, 2.05) is 36.9 Å². The molecular formula is C25H28ClN7O3. The monoisotopic (exact) mass is 509 g/mol. The molecule has 4 heterocycles. The average Bonchev–Trinajstić information content (AvgIpc) is 3.34. The Hall–Kier alpha value is -3.50. The van der Waals surface area contributed by atoms with Gasteiger partial charge >= 0.3 is 5.69 Å². The van der Waals surface area contributed by atoms with Crippen LogP contribution < -0.4 is 10.6 Å². The number of halogens is 1. The zero-order valence-corrected chi connectivity index (χ0v) is 21.5. The molecule has 11 heteroatoms. The fourth-order valence-electron chi connectivity index (χ4n) is 4.52. The van der Waals surface area contributed by atoms with Crippen LogP contribution in [0.2, 0.25) is 5.02 Å². The molecule has 36 heavy (non-hydrogen) atoms. The van der Waals surface area contributed by atoms with Crippen LogP contribution in [0.1, 0.15) is 32.2 Å². The van der Waals surface area contributed by atoms with Crippen LogP contribution in [0.25, 0.3) is 16.7 Å². The van der Waals surface area contributed by atoms with E-state index in [1.165, 1.54) is 4.40 Å². The summed E-state index contributed by atoms with van der Waals surface area (Å²) in [5.74, 6) is 0.482. The summed E-state index contributed by atoms with van der Waals surface area (Å²) in [6.45, 7) is 8.25. The summed E-state index contributed by atoms with van der Waals surface area (Å²) in [6, 6.07) is 9.38. The summed E-state index contributed by atoms with van der Waals surface area (Å²) in [6.07, 6.45) is 1.79. The normalized spacial score (nSPS) is 14.7. The maximum Gasteiger partial charge on any atom is 0.336 e. The van der Waals surface area contributed by atoms with Crippen LogP contribution in [-0.4, -0.2) is 68.2 Å². The summed E-state index contributed by atoms with van der Waals surface area (Å²) in [7, 11) is 1.57. The molecule has 0 aliphatic carbocycles. The minimum Gasteiger partial charge on any atom is -0.371 e. The largest absolute Gasteiger partial charge is 0.371 e. The highest BCUT2D eigenvalue weighted by atomic mass is 35.5. The van der Waals surface area contributed by atoms with Crippen molar-refractivity contribution in [3.63, 3.8) is 0 Å². The molecule has 1 aliphatic heterocycles. The van der Waals surface area contributed by atoms with Gasteiger partial charge in [0.25, 0.3) is 0 Å². The van der Waals surface area contributed by atoms with E-state index in [1.54, 1.807) is 36.9 Å². The molecule has 0 radical (unpaired) electrons. The summed E-state index contributed by atoms with van der Waals surface area (Å²) in [4.78, 5) is 34.4. The first-order chi connectivity index (χ1) is 17.2. The molecule has 188 valence electrons. The quantitative estimate of drug-likeness (QED) is 0.408. The Kier molecular flexibility index (Phi) is 6.17. The molecule has 0 N–H and O–H groups in total. The van der Waals surface area contributed by atoms with Gasteiger partial charge in [-0.25, -0.2) is 14.2 Å². The summed E-state index contributed by atoms with van der Waals surface area (Å²) in [5.41, 5.74) is 2.30. The number of anilines is 1. The molecule has 1 aliphatic rings. The maximum absolute atomic E-state index is 13.9. The molecule has 10 nitrogen and oxygen atoms in total. The first-order valence-corrected chi connectivity index (χ1v) is 12.2. The number of amides is 1. The minimum absolute atomic E-state index is 0.0760. The first kappa shape index (κ1) is 24.2. The molecule has 0 bridgehead atoms. The predicted octanol–water partition coefficient (Wildman–Crippen LogP) is 2.69. The van der Waals surface area contributed by atoms with Crippen LogP contribution in [-0.2, 0) is 21.7 Å². The number of pyridine rings is 1. The number of nitrogens with zero attached hydrogens (tertiary/aromatic N) is 7. The van der Waals surface area contributed by atoms with Gasteiger partial charge in [0.15, 0.2) is 11.5 Å². The third kappa shape index (κ3) is 4.20. The van der Waals surface area contributed by atoms with Crippen LogP contribution in [0.3, 0.4) is 0 Å². The lowest BCUT2D eigenvalue weighted by Crippen LogP contribution is -2.48. The number of benzene rings is 1. The fourth-order valence-corrected chi connectivity index (χ4v) is 4.65. The van der Waals surface area contributed by atoms with Crippen molar-refractivity contribution < 1.29 is 9.53 Å². The first-order valence-electron chi connectivity index (χ1n) is 11.8. The number of piperazine rings is 1. The van der Waals surface area contributed by atoms with E-state index in [2.05, 4.69) is 15.1 Å². The molecule has 3 aromatic heterocycles. The highest BCUT2D eigenvalue weighted by Gasteiger charge is 2.30. The Balaban J connectivity index is 1.68. The maximum atomic E-state index is 13.9. The van der Waals surface area contributed by atoms with Crippen LogP contribution in [0.5, 0.6) is 0 Å². The third-order valence-electron chi connectivity index (χ3n) is 6.83. The van der Waals surface area contributed by atoms with Gasteiger partial charge in [-0.3, -0.25) is 9.36 Å². The Labute approximate surface area is 213 Å². The van der Waals surface area contributed by atoms with Crippen molar-refractivity contribution in [2.45, 2.75) is 32.9 Å². The second kappa shape index (κ2) is 9.18. The van der Waals surface area contributed by atoms with Crippen LogP contribution in [0.15, 0.2) is 41.3 Å². The minimum atomic E-state index is -0.833. The highest BCUT2D eigenvalue weighted by molar-refractivity contribution is 6.30. The van der Waals surface area contributed by atoms with Crippen molar-refractivity contribution in [1.82, 2.24) is 29.0 Å². The van der Waals surface area contributed by atoms with Gasteiger partial charge < -0.3 is 14.5 Å². The second-order valence-corrected chi connectivity index (χ2v) is 9.88. The molecule has 0 unspecified atom stereocenters. The lowest BCUT2D eigenvalue weighted by molar-refractivity contribution is -0.129. The molecule has 0 atom stereocenters. The Bertz CT molecular complexity index is 1500. The van der Waals surface area contributed by atoms with E-state index in [9.17, 15) is 9.59 Å². The van der Waals surface area contributed by atoms with Crippen molar-refractivity contribution >= 4 is 39.9 Å². The fraction of sp³-hybridized carbons (Fsp3) is 0.400. The molecule has 0 saturated carbocycles. The number of fused-ring (bicyclic) bond motifs is 3. The van der Waals surface area contributed by atoms with E-state index < -0.39 is 5.60 Å². The summed E-state index contributed by atoms with van der Waals surface area (Å²) >= 11 is 6.08. The van der Waals surface area contributed by atoms with Gasteiger partial charge in [-0.1, -0.05) is 23.7 Å². The molecule has 1 saturated heterocycles. The second-order valence-electron chi connectivity index (χ2n) is 9.45. The highest BCUT2D eigenvalue weighted by Crippen LogP contribution is 2.27. The smallest absolute Gasteiger partial charge is 0.336 e. The lowest BCUT2D eigenvalue weighted by Gasteiger charge is -2.35. The van der Waals surface area contributed by atoms with E-state index in [-0.39, 0.29) is 11.6 Å². The molecule has 4 aromatic rings. The van der Waals surface area contributed by atoms with E-state index >= 15 is 0 Å². The number of carbonyl (C=O) groups is 1. The van der Waals surface area contributed by atoms with Gasteiger partial charge in [0, 0.05) is 45.2 Å². The van der Waals surface area contributed by atoms with Gasteiger partial charge in [0.1, 0.15) is 11.1 Å². The number of carbonyl (C=O) groups excluding carboxylic acids is 1. The molecule has 0 spiro atoms. The molecule has 5 rings (SSSR count). The third-order valence-corrected chi connectivity index (χ3v) is 7.09. The molecular weight excluding hydrogens is 482 g/mol. The van der Waals surface area contributed by atoms with E-state index in [4.69, 9.17) is 21.3 Å². The van der Waals surface area contributed by atoms with E-state index in [0.29, 0.717) is 60.3 Å². The number of aromatic nitrogens is 5. The van der Waals surface area contributed by atoms with E-state index in [0.717, 1.165) is 11.3 Å². The standard InChI is InChI=1S/C25H28ClN7O3/c1-16(34)30-9-11-31(12-10-30)19-13-20-21(27-14-19)22-28-29-23(25(2,3)36-4)33(22)24(35)32(20)15-17-5-7-18(26)8-6-17/h5-8,13-14H,9-12,15H2,1-4H3.